The molecular formula is C19H28ClF3N4O+2. The van der Waals surface area contributed by atoms with Gasteiger partial charge in [-0.15, -0.1) is 0 Å². The number of alkyl halides is 3. The maximum absolute atomic E-state index is 12.8. The summed E-state index contributed by atoms with van der Waals surface area (Å²) in [5.41, 5.74) is -0.792. The van der Waals surface area contributed by atoms with Gasteiger partial charge in [0.05, 0.1) is 5.56 Å². The molecule has 0 bridgehead atoms. The number of carbonyl (C=O) groups is 1. The van der Waals surface area contributed by atoms with Crippen LogP contribution < -0.4 is 20.1 Å². The Balaban J connectivity index is 1.50. The Morgan fingerprint density at radius 1 is 1.32 bits per heavy atom. The lowest BCUT2D eigenvalue weighted by molar-refractivity contribution is -0.892. The van der Waals surface area contributed by atoms with Crippen LogP contribution in [-0.2, 0) is 11.0 Å². The molecule has 3 N–H and O–H groups in total. The van der Waals surface area contributed by atoms with Crippen LogP contribution in [0.25, 0.3) is 0 Å². The number of aromatic amines is 1. The first kappa shape index (κ1) is 21.2. The zero-order valence-electron chi connectivity index (χ0n) is 16.0. The first-order valence-electron chi connectivity index (χ1n) is 9.90. The highest BCUT2D eigenvalue weighted by atomic mass is 35.5. The molecule has 2 heterocycles. The molecule has 28 heavy (non-hydrogen) atoms. The van der Waals surface area contributed by atoms with Crippen molar-refractivity contribution in [3.63, 3.8) is 0 Å². The molecule has 1 aromatic heterocycles. The summed E-state index contributed by atoms with van der Waals surface area (Å²) in [7, 11) is 0. The molecule has 1 aromatic rings. The van der Waals surface area contributed by atoms with Gasteiger partial charge in [0, 0.05) is 6.04 Å². The van der Waals surface area contributed by atoms with Crippen molar-refractivity contribution >= 4 is 23.3 Å². The van der Waals surface area contributed by atoms with E-state index in [1.54, 1.807) is 0 Å². The van der Waals surface area contributed by atoms with Crippen molar-refractivity contribution in [1.29, 1.82) is 0 Å². The smallest absolute Gasteiger partial charge is 0.348 e. The summed E-state index contributed by atoms with van der Waals surface area (Å²) in [5, 5.41) is 3.24. The Morgan fingerprint density at radius 3 is 2.61 bits per heavy atom. The zero-order valence-corrected chi connectivity index (χ0v) is 16.8. The van der Waals surface area contributed by atoms with Crippen molar-refractivity contribution in [2.45, 2.75) is 44.8 Å². The number of anilines is 1. The summed E-state index contributed by atoms with van der Waals surface area (Å²) >= 11 is 6.07. The normalized spacial score (nSPS) is 24.2. The molecule has 0 unspecified atom stereocenters. The van der Waals surface area contributed by atoms with Gasteiger partial charge in [-0.1, -0.05) is 31.4 Å². The summed E-state index contributed by atoms with van der Waals surface area (Å²) in [6, 6.07) is 1.23. The zero-order chi connectivity index (χ0) is 20.3. The van der Waals surface area contributed by atoms with Crippen molar-refractivity contribution < 1.29 is 27.8 Å². The second-order valence-electron chi connectivity index (χ2n) is 7.93. The molecule has 2 atom stereocenters. The van der Waals surface area contributed by atoms with Crippen molar-refractivity contribution in [2.75, 3.05) is 37.6 Å². The molecule has 156 valence electrons. The number of piperazine rings is 1. The van der Waals surface area contributed by atoms with Crippen LogP contribution in [0.2, 0.25) is 5.02 Å². The minimum absolute atomic E-state index is 0.0577. The Hall–Kier alpha value is -1.54. The van der Waals surface area contributed by atoms with Crippen LogP contribution >= 0.6 is 11.6 Å². The van der Waals surface area contributed by atoms with E-state index in [4.69, 9.17) is 11.6 Å². The number of quaternary nitrogens is 1. The quantitative estimate of drug-likeness (QED) is 0.777. The van der Waals surface area contributed by atoms with E-state index in [1.807, 2.05) is 4.90 Å². The molecular weight excluding hydrogens is 393 g/mol. The number of aromatic nitrogens is 1. The summed E-state index contributed by atoms with van der Waals surface area (Å²) in [6.07, 6.45) is 1.15. The Kier molecular flexibility index (Phi) is 6.70. The number of hydrogen-bond donors (Lipinski definition) is 2. The monoisotopic (exact) mass is 420 g/mol. The highest BCUT2D eigenvalue weighted by Gasteiger charge is 2.35. The van der Waals surface area contributed by atoms with Gasteiger partial charge in [-0.05, 0) is 24.8 Å². The molecule has 1 saturated heterocycles. The van der Waals surface area contributed by atoms with Crippen LogP contribution in [0.15, 0.2) is 12.3 Å². The Morgan fingerprint density at radius 2 is 2.00 bits per heavy atom. The summed E-state index contributed by atoms with van der Waals surface area (Å²) in [5.74, 6) is 1.11. The number of pyridine rings is 1. The number of nitrogens with one attached hydrogen (secondary N) is 3. The van der Waals surface area contributed by atoms with Gasteiger partial charge in [-0.3, -0.25) is 4.79 Å². The molecule has 2 fully saturated rings. The third kappa shape index (κ3) is 5.29. The summed E-state index contributed by atoms with van der Waals surface area (Å²) in [4.78, 5) is 18.2. The molecule has 0 spiro atoms. The van der Waals surface area contributed by atoms with Gasteiger partial charge in [-0.2, -0.15) is 13.2 Å². The Bertz CT molecular complexity index is 692. The van der Waals surface area contributed by atoms with E-state index >= 15 is 0 Å². The lowest BCUT2D eigenvalue weighted by Crippen LogP contribution is -3.16. The second kappa shape index (κ2) is 8.86. The molecule has 1 aliphatic heterocycles. The fourth-order valence-corrected chi connectivity index (χ4v) is 4.40. The molecule has 5 nitrogen and oxygen atoms in total. The number of amides is 1. The topological polar surface area (TPSA) is 50.9 Å². The van der Waals surface area contributed by atoms with Crippen molar-refractivity contribution in [1.82, 2.24) is 5.32 Å². The lowest BCUT2D eigenvalue weighted by atomic mass is 9.86. The fourth-order valence-electron chi connectivity index (χ4n) is 4.11. The average molecular weight is 421 g/mol. The summed E-state index contributed by atoms with van der Waals surface area (Å²) in [6.45, 7) is 5.35. The lowest BCUT2D eigenvalue weighted by Gasteiger charge is -2.31. The minimum Gasteiger partial charge on any atom is -0.348 e. The van der Waals surface area contributed by atoms with Crippen LogP contribution in [-0.4, -0.2) is 44.7 Å². The third-order valence-electron chi connectivity index (χ3n) is 5.86. The second-order valence-corrected chi connectivity index (χ2v) is 8.34. The van der Waals surface area contributed by atoms with Gasteiger partial charge in [-0.25, -0.2) is 9.88 Å². The summed E-state index contributed by atoms with van der Waals surface area (Å²) < 4.78 is 38.3. The highest BCUT2D eigenvalue weighted by Crippen LogP contribution is 2.32. The number of nitrogens with zero attached hydrogens (tertiary/aromatic N) is 1. The van der Waals surface area contributed by atoms with Crippen LogP contribution in [0.3, 0.4) is 0 Å². The molecule has 0 radical (unpaired) electrons. The van der Waals surface area contributed by atoms with E-state index in [9.17, 15) is 18.0 Å². The fraction of sp³-hybridized carbons (Fsp3) is 0.684. The van der Waals surface area contributed by atoms with Crippen LogP contribution in [0, 0.1) is 5.92 Å². The van der Waals surface area contributed by atoms with Crippen LogP contribution in [0.5, 0.6) is 0 Å². The average Bonchev–Trinajstić information content (AvgIpc) is 2.63. The molecule has 1 amide bonds. The van der Waals surface area contributed by atoms with E-state index < -0.39 is 11.7 Å². The van der Waals surface area contributed by atoms with E-state index in [2.05, 4.69) is 17.2 Å². The van der Waals surface area contributed by atoms with Crippen LogP contribution in [0.1, 0.15) is 38.2 Å². The maximum atomic E-state index is 12.8. The molecule has 1 aliphatic carbocycles. The van der Waals surface area contributed by atoms with E-state index in [-0.39, 0.29) is 17.0 Å². The van der Waals surface area contributed by atoms with Gasteiger partial charge >= 0.3 is 6.18 Å². The first-order valence-corrected chi connectivity index (χ1v) is 10.3. The first-order chi connectivity index (χ1) is 13.2. The van der Waals surface area contributed by atoms with Crippen LogP contribution in [0.4, 0.5) is 19.0 Å². The maximum Gasteiger partial charge on any atom is 0.419 e. The molecule has 1 saturated carbocycles. The molecule has 2 aliphatic rings. The number of carbonyl (C=O) groups excluding carboxylic acids is 1. The minimum atomic E-state index is -4.43. The van der Waals surface area contributed by atoms with E-state index in [1.165, 1.54) is 24.2 Å². The Labute approximate surface area is 168 Å². The SMILES string of the molecule is C[C@@H]1CCCC[C@@H]1NC(=O)C[NH+]1CCN(c2[nH+]cc(C(F)(F)F)cc2Cl)CC1. The van der Waals surface area contributed by atoms with Gasteiger partial charge < -0.3 is 10.2 Å². The van der Waals surface area contributed by atoms with E-state index in [0.29, 0.717) is 31.4 Å². The van der Waals surface area contributed by atoms with Gasteiger partial charge in [0.2, 0.25) is 0 Å². The molecule has 3 rings (SSSR count). The van der Waals surface area contributed by atoms with Gasteiger partial charge in [0.15, 0.2) is 6.54 Å². The van der Waals surface area contributed by atoms with Crippen molar-refractivity contribution in [3.8, 4) is 0 Å². The third-order valence-corrected chi connectivity index (χ3v) is 6.14. The number of hydrogen-bond acceptors (Lipinski definition) is 2. The molecule has 0 aromatic carbocycles. The number of H-pyrrole nitrogens is 1. The number of halogens is 4. The number of rotatable bonds is 4. The van der Waals surface area contributed by atoms with Crippen molar-refractivity contribution in [2.24, 2.45) is 5.92 Å². The highest BCUT2D eigenvalue weighted by molar-refractivity contribution is 6.32. The van der Waals surface area contributed by atoms with Crippen molar-refractivity contribution in [3.05, 3.63) is 22.8 Å². The largest absolute Gasteiger partial charge is 0.419 e. The standard InChI is InChI=1S/C19H26ClF3N4O/c1-13-4-2-3-5-16(13)25-17(28)12-26-6-8-27(9-7-26)18-15(20)10-14(11-24-18)19(21,22)23/h10-11,13,16H,2-9,12H2,1H3,(H,25,28)/p+2/t13-,16+/m1/s1. The van der Waals surface area contributed by atoms with Gasteiger partial charge in [0.1, 0.15) is 37.4 Å². The van der Waals surface area contributed by atoms with Gasteiger partial charge in [0.25, 0.3) is 11.7 Å². The predicted octanol–water partition coefficient (Wildman–Crippen LogP) is 1.57. The predicted molar refractivity (Wildman–Crippen MR) is 100 cm³/mol. The molecule has 9 heteroatoms. The van der Waals surface area contributed by atoms with E-state index in [0.717, 1.165) is 31.8 Å².